The smallest absolute Gasteiger partial charge is 0.263 e. The number of likely N-dealkylation sites (tertiary alicyclic amines) is 1. The lowest BCUT2D eigenvalue weighted by Crippen LogP contribution is -2.47. The molecule has 1 atom stereocenters. The molecule has 1 fully saturated rings. The van der Waals surface area contributed by atoms with Gasteiger partial charge in [-0.05, 0) is 30.5 Å². The molecule has 0 amide bonds. The van der Waals surface area contributed by atoms with Gasteiger partial charge in [0.05, 0.1) is 6.54 Å². The third-order valence-corrected chi connectivity index (χ3v) is 4.36. The number of halogens is 2. The zero-order chi connectivity index (χ0) is 13.5. The van der Waals surface area contributed by atoms with E-state index >= 15 is 0 Å². The van der Waals surface area contributed by atoms with Crippen LogP contribution in [0.3, 0.4) is 0 Å². The molecule has 4 heteroatoms. The first-order chi connectivity index (χ1) is 9.06. The van der Waals surface area contributed by atoms with Crippen molar-refractivity contribution in [3.63, 3.8) is 0 Å². The molecule has 2 aliphatic rings. The maximum Gasteiger partial charge on any atom is 0.263 e. The second-order valence-electron chi connectivity index (χ2n) is 5.79. The molecule has 1 aromatic rings. The predicted molar refractivity (Wildman–Crippen MR) is 72.6 cm³/mol. The van der Waals surface area contributed by atoms with E-state index in [0.717, 1.165) is 25.1 Å². The molecule has 0 aromatic heterocycles. The minimum absolute atomic E-state index is 0.113. The molecule has 1 aromatic carbocycles. The van der Waals surface area contributed by atoms with Crippen LogP contribution in [0.4, 0.5) is 14.5 Å². The van der Waals surface area contributed by atoms with E-state index in [2.05, 4.69) is 11.4 Å². The maximum absolute atomic E-state index is 13.8. The van der Waals surface area contributed by atoms with Gasteiger partial charge in [0.25, 0.3) is 5.92 Å². The van der Waals surface area contributed by atoms with Crippen LogP contribution in [0.25, 0.3) is 0 Å². The monoisotopic (exact) mass is 266 g/mol. The van der Waals surface area contributed by atoms with E-state index in [1.807, 2.05) is 17.0 Å². The molecule has 104 valence electrons. The summed E-state index contributed by atoms with van der Waals surface area (Å²) in [5, 5.41) is 3.37. The van der Waals surface area contributed by atoms with Crippen molar-refractivity contribution >= 4 is 5.69 Å². The Bertz CT molecular complexity index is 473. The number of benzene rings is 1. The van der Waals surface area contributed by atoms with Crippen molar-refractivity contribution in [3.8, 4) is 0 Å². The highest BCUT2D eigenvalue weighted by atomic mass is 19.3. The fraction of sp³-hybridized carbons (Fsp3) is 0.600. The van der Waals surface area contributed by atoms with E-state index in [4.69, 9.17) is 0 Å². The number of rotatable bonds is 2. The Balaban J connectivity index is 1.74. The summed E-state index contributed by atoms with van der Waals surface area (Å²) in [6.07, 6.45) is 1.62. The largest absolute Gasteiger partial charge is 0.384 e. The number of hydrogen-bond donors (Lipinski definition) is 1. The summed E-state index contributed by atoms with van der Waals surface area (Å²) in [5.41, 5.74) is 3.64. The van der Waals surface area contributed by atoms with E-state index in [1.54, 1.807) is 6.92 Å². The fourth-order valence-electron chi connectivity index (χ4n) is 3.04. The van der Waals surface area contributed by atoms with Crippen molar-refractivity contribution in [2.24, 2.45) is 5.92 Å². The predicted octanol–water partition coefficient (Wildman–Crippen LogP) is 3.13. The lowest BCUT2D eigenvalue weighted by molar-refractivity contribution is -0.106. The van der Waals surface area contributed by atoms with Crippen LogP contribution in [0.5, 0.6) is 0 Å². The molecule has 2 nitrogen and oxygen atoms in total. The molecular weight excluding hydrogens is 246 g/mol. The molecule has 0 bridgehead atoms. The van der Waals surface area contributed by atoms with Crippen LogP contribution in [-0.2, 0) is 13.0 Å². The van der Waals surface area contributed by atoms with Crippen LogP contribution in [0.2, 0.25) is 0 Å². The first-order valence-electron chi connectivity index (χ1n) is 7.01. The summed E-state index contributed by atoms with van der Waals surface area (Å²) in [4.78, 5) is 1.88. The minimum Gasteiger partial charge on any atom is -0.384 e. The van der Waals surface area contributed by atoms with Crippen LogP contribution in [0.15, 0.2) is 18.2 Å². The Hall–Kier alpha value is -1.16. The highest BCUT2D eigenvalue weighted by molar-refractivity contribution is 5.61. The topological polar surface area (TPSA) is 15.3 Å². The molecule has 2 aliphatic heterocycles. The Morgan fingerprint density at radius 3 is 3.05 bits per heavy atom. The fourth-order valence-corrected chi connectivity index (χ4v) is 3.04. The van der Waals surface area contributed by atoms with Gasteiger partial charge in [-0.2, -0.15) is 0 Å². The summed E-state index contributed by atoms with van der Waals surface area (Å²) < 4.78 is 27.5. The highest BCUT2D eigenvalue weighted by Gasteiger charge is 2.41. The van der Waals surface area contributed by atoms with Gasteiger partial charge >= 0.3 is 0 Å². The average Bonchev–Trinajstić information content (AvgIpc) is 2.83. The summed E-state index contributed by atoms with van der Waals surface area (Å²) in [6, 6.07) is 6.20. The molecule has 1 unspecified atom stereocenters. The van der Waals surface area contributed by atoms with E-state index in [-0.39, 0.29) is 6.54 Å². The van der Waals surface area contributed by atoms with Crippen molar-refractivity contribution in [1.29, 1.82) is 0 Å². The van der Waals surface area contributed by atoms with Gasteiger partial charge in [0, 0.05) is 24.7 Å². The molecular formula is C15H20F2N2. The lowest BCUT2D eigenvalue weighted by Gasteiger charge is -2.37. The molecule has 0 radical (unpaired) electrons. The second-order valence-corrected chi connectivity index (χ2v) is 5.79. The molecule has 0 saturated carbocycles. The van der Waals surface area contributed by atoms with Gasteiger partial charge in [0.2, 0.25) is 0 Å². The molecule has 1 N–H and O–H groups in total. The second kappa shape index (κ2) is 4.75. The SMILES string of the molecule is CC1CCN(Cc2cccc3c2NCC3)CC1(F)F. The molecule has 2 heterocycles. The molecule has 19 heavy (non-hydrogen) atoms. The third-order valence-electron chi connectivity index (χ3n) is 4.36. The van der Waals surface area contributed by atoms with Crippen molar-refractivity contribution < 1.29 is 8.78 Å². The summed E-state index contributed by atoms with van der Waals surface area (Å²) in [7, 11) is 0. The van der Waals surface area contributed by atoms with Crippen LogP contribution >= 0.6 is 0 Å². The van der Waals surface area contributed by atoms with Gasteiger partial charge in [-0.3, -0.25) is 4.90 Å². The quantitative estimate of drug-likeness (QED) is 0.884. The van der Waals surface area contributed by atoms with Gasteiger partial charge < -0.3 is 5.32 Å². The summed E-state index contributed by atoms with van der Waals surface area (Å²) >= 11 is 0. The van der Waals surface area contributed by atoms with Crippen molar-refractivity contribution in [3.05, 3.63) is 29.3 Å². The van der Waals surface area contributed by atoms with Gasteiger partial charge in [-0.25, -0.2) is 8.78 Å². The van der Waals surface area contributed by atoms with Crippen molar-refractivity contribution in [2.75, 3.05) is 25.0 Å². The number of nitrogens with one attached hydrogen (secondary N) is 1. The van der Waals surface area contributed by atoms with Crippen LogP contribution in [0.1, 0.15) is 24.5 Å². The third kappa shape index (κ3) is 2.46. The van der Waals surface area contributed by atoms with Crippen LogP contribution in [-0.4, -0.2) is 30.5 Å². The average molecular weight is 266 g/mol. The number of fused-ring (bicyclic) bond motifs is 1. The van der Waals surface area contributed by atoms with Gasteiger partial charge in [-0.15, -0.1) is 0 Å². The van der Waals surface area contributed by atoms with Crippen molar-refractivity contribution in [2.45, 2.75) is 32.2 Å². The van der Waals surface area contributed by atoms with E-state index < -0.39 is 11.8 Å². The Labute approximate surface area is 112 Å². The van der Waals surface area contributed by atoms with Crippen LogP contribution < -0.4 is 5.32 Å². The van der Waals surface area contributed by atoms with Gasteiger partial charge in [-0.1, -0.05) is 25.1 Å². The number of piperidine rings is 1. The highest BCUT2D eigenvalue weighted by Crippen LogP contribution is 2.34. The number of para-hydroxylation sites is 1. The van der Waals surface area contributed by atoms with Gasteiger partial charge in [0.1, 0.15) is 0 Å². The van der Waals surface area contributed by atoms with E-state index in [0.29, 0.717) is 13.0 Å². The van der Waals surface area contributed by atoms with Gasteiger partial charge in [0.15, 0.2) is 0 Å². The summed E-state index contributed by atoms with van der Waals surface area (Å²) in [5.74, 6) is -3.05. The number of anilines is 1. The van der Waals surface area contributed by atoms with Crippen LogP contribution in [0, 0.1) is 5.92 Å². The summed E-state index contributed by atoms with van der Waals surface area (Å²) in [6.45, 7) is 3.88. The zero-order valence-corrected chi connectivity index (χ0v) is 11.3. The molecule has 3 rings (SSSR count). The molecule has 0 spiro atoms. The molecule has 0 aliphatic carbocycles. The van der Waals surface area contributed by atoms with E-state index in [1.165, 1.54) is 11.3 Å². The standard InChI is InChI=1S/C15H20F2N2/c1-11-6-8-19(10-15(11,16)17)9-13-4-2-3-12-5-7-18-14(12)13/h2-4,11,18H,5-10H2,1H3. The number of alkyl halides is 2. The van der Waals surface area contributed by atoms with Crippen molar-refractivity contribution in [1.82, 2.24) is 4.90 Å². The normalized spacial score (nSPS) is 25.9. The zero-order valence-electron chi connectivity index (χ0n) is 11.3. The lowest BCUT2D eigenvalue weighted by atomic mass is 9.94. The Morgan fingerprint density at radius 1 is 1.42 bits per heavy atom. The number of hydrogen-bond acceptors (Lipinski definition) is 2. The Kier molecular flexibility index (Phi) is 3.21. The number of nitrogens with zero attached hydrogens (tertiary/aromatic N) is 1. The van der Waals surface area contributed by atoms with E-state index in [9.17, 15) is 8.78 Å². The maximum atomic E-state index is 13.8. The Morgan fingerprint density at radius 2 is 2.26 bits per heavy atom. The first-order valence-corrected chi connectivity index (χ1v) is 7.01. The molecule has 1 saturated heterocycles. The minimum atomic E-state index is -2.55. The first kappa shape index (κ1) is 12.9.